The summed E-state index contributed by atoms with van der Waals surface area (Å²) in [7, 11) is 1.72. The molecule has 0 aromatic heterocycles. The number of carbonyl (C=O) groups excluding carboxylic acids is 3. The van der Waals surface area contributed by atoms with E-state index in [2.05, 4.69) is 33.4 Å². The minimum Gasteiger partial charge on any atom is -0.347 e. The van der Waals surface area contributed by atoms with Gasteiger partial charge in [0.2, 0.25) is 17.7 Å². The summed E-state index contributed by atoms with van der Waals surface area (Å²) >= 11 is 0. The van der Waals surface area contributed by atoms with Gasteiger partial charge in [-0.2, -0.15) is 0 Å². The van der Waals surface area contributed by atoms with Crippen LogP contribution in [0.4, 0.5) is 0 Å². The van der Waals surface area contributed by atoms with E-state index in [1.54, 1.807) is 18.9 Å². The highest BCUT2D eigenvalue weighted by Gasteiger charge is 2.44. The van der Waals surface area contributed by atoms with Crippen LogP contribution in [0.2, 0.25) is 0 Å². The van der Waals surface area contributed by atoms with Gasteiger partial charge in [-0.1, -0.05) is 24.3 Å². The van der Waals surface area contributed by atoms with Gasteiger partial charge in [0.15, 0.2) is 0 Å². The number of carbonyl (C=O) groups is 3. The smallest absolute Gasteiger partial charge is 0.247 e. The Morgan fingerprint density at radius 1 is 1.06 bits per heavy atom. The van der Waals surface area contributed by atoms with Crippen molar-refractivity contribution in [2.75, 3.05) is 13.6 Å². The van der Waals surface area contributed by atoms with Gasteiger partial charge >= 0.3 is 0 Å². The molecule has 3 amide bonds. The zero-order valence-corrected chi connectivity index (χ0v) is 19.0. The molecule has 2 fully saturated rings. The number of fused-ring (bicyclic) bond motifs is 2. The summed E-state index contributed by atoms with van der Waals surface area (Å²) in [6, 6.07) is 6.75. The summed E-state index contributed by atoms with van der Waals surface area (Å²) in [4.78, 5) is 41.0. The molecule has 2 saturated heterocycles. The van der Waals surface area contributed by atoms with Crippen molar-refractivity contribution in [2.24, 2.45) is 0 Å². The first kappa shape index (κ1) is 22.7. The fourth-order valence-electron chi connectivity index (χ4n) is 5.19. The van der Waals surface area contributed by atoms with E-state index in [0.717, 1.165) is 38.6 Å². The molecule has 8 nitrogen and oxygen atoms in total. The molecule has 32 heavy (non-hydrogen) atoms. The van der Waals surface area contributed by atoms with Crippen LogP contribution < -0.4 is 21.3 Å². The first-order valence-electron chi connectivity index (χ1n) is 11.9. The maximum atomic E-state index is 13.5. The van der Waals surface area contributed by atoms with Crippen molar-refractivity contribution < 1.29 is 14.4 Å². The third kappa shape index (κ3) is 4.66. The summed E-state index contributed by atoms with van der Waals surface area (Å²) in [5, 5.41) is 12.5. The van der Waals surface area contributed by atoms with E-state index in [0.29, 0.717) is 12.8 Å². The second kappa shape index (κ2) is 10.0. The van der Waals surface area contributed by atoms with Crippen LogP contribution in [0, 0.1) is 0 Å². The van der Waals surface area contributed by atoms with Gasteiger partial charge in [0.1, 0.15) is 12.1 Å². The third-order valence-corrected chi connectivity index (χ3v) is 7.12. The second-order valence-electron chi connectivity index (χ2n) is 9.17. The number of hydrogen-bond acceptors (Lipinski definition) is 5. The lowest BCUT2D eigenvalue weighted by molar-refractivity contribution is -0.145. The highest BCUT2D eigenvalue weighted by molar-refractivity contribution is 5.93. The van der Waals surface area contributed by atoms with Crippen LogP contribution in [-0.4, -0.2) is 60.5 Å². The Hall–Kier alpha value is -2.45. The van der Waals surface area contributed by atoms with Gasteiger partial charge in [-0.15, -0.1) is 0 Å². The highest BCUT2D eigenvalue weighted by Crippen LogP contribution is 2.31. The molecule has 5 atom stereocenters. The monoisotopic (exact) mass is 441 g/mol. The summed E-state index contributed by atoms with van der Waals surface area (Å²) < 4.78 is 0. The number of benzene rings is 1. The lowest BCUT2D eigenvalue weighted by Crippen LogP contribution is -2.61. The third-order valence-electron chi connectivity index (χ3n) is 7.12. The van der Waals surface area contributed by atoms with Gasteiger partial charge in [0, 0.05) is 0 Å². The summed E-state index contributed by atoms with van der Waals surface area (Å²) in [5.41, 5.74) is 2.48. The molecule has 0 spiro atoms. The van der Waals surface area contributed by atoms with Gasteiger partial charge in [-0.05, 0) is 76.6 Å². The summed E-state index contributed by atoms with van der Waals surface area (Å²) in [6.45, 7) is 2.52. The molecule has 1 aromatic carbocycles. The number of nitrogens with one attached hydrogen (secondary N) is 4. The van der Waals surface area contributed by atoms with Crippen LogP contribution in [0.1, 0.15) is 62.6 Å². The van der Waals surface area contributed by atoms with Crippen molar-refractivity contribution in [3.63, 3.8) is 0 Å². The zero-order chi connectivity index (χ0) is 22.7. The number of rotatable bonds is 5. The van der Waals surface area contributed by atoms with Crippen molar-refractivity contribution in [2.45, 2.75) is 82.2 Å². The largest absolute Gasteiger partial charge is 0.347 e. The molecule has 8 heteroatoms. The molecule has 2 aliphatic heterocycles. The zero-order valence-electron chi connectivity index (χ0n) is 19.0. The number of amides is 3. The Bertz CT molecular complexity index is 860. The van der Waals surface area contributed by atoms with Gasteiger partial charge in [0.25, 0.3) is 0 Å². The van der Waals surface area contributed by atoms with Gasteiger partial charge in [0.05, 0.1) is 18.2 Å². The lowest BCUT2D eigenvalue weighted by atomic mass is 9.87. The SMILES string of the molecule is CN[C@@H](C)C(=O)N[C@H]1CCCNC2CCC(C(=O)N[C@@H]3CCCc4ccccc43)N2C1=O. The van der Waals surface area contributed by atoms with E-state index in [4.69, 9.17) is 0 Å². The van der Waals surface area contributed by atoms with Gasteiger partial charge in [-0.3, -0.25) is 19.7 Å². The number of likely N-dealkylation sites (N-methyl/N-ethyl adjacent to an activating group) is 1. The molecule has 174 valence electrons. The van der Waals surface area contributed by atoms with Gasteiger partial charge in [-0.25, -0.2) is 0 Å². The van der Waals surface area contributed by atoms with Crippen molar-refractivity contribution >= 4 is 17.7 Å². The Morgan fingerprint density at radius 2 is 1.84 bits per heavy atom. The topological polar surface area (TPSA) is 103 Å². The molecule has 0 radical (unpaired) electrons. The Morgan fingerprint density at radius 3 is 2.66 bits per heavy atom. The van der Waals surface area contributed by atoms with Crippen LogP contribution in [0.15, 0.2) is 24.3 Å². The molecule has 2 heterocycles. The molecule has 2 unspecified atom stereocenters. The van der Waals surface area contributed by atoms with E-state index >= 15 is 0 Å². The molecule has 1 aromatic rings. The fourth-order valence-corrected chi connectivity index (χ4v) is 5.19. The predicted octanol–water partition coefficient (Wildman–Crippen LogP) is 0.973. The van der Waals surface area contributed by atoms with Crippen molar-refractivity contribution in [1.82, 2.24) is 26.2 Å². The molecule has 3 aliphatic rings. The maximum absolute atomic E-state index is 13.5. The standard InChI is InChI=1S/C24H35N5O3/c1-15(25-2)22(30)28-19-11-6-14-26-21-13-12-20(29(21)24(19)32)23(31)27-18-10-5-8-16-7-3-4-9-17(16)18/h3-4,7,9,15,18-21,25-26H,5-6,8,10-14H2,1-2H3,(H,27,31)(H,28,30)/t15-,18+,19-,20?,21?/m0/s1. The molecular formula is C24H35N5O3. The minimum absolute atomic E-state index is 0.0173. The van der Waals surface area contributed by atoms with E-state index in [1.807, 2.05) is 12.1 Å². The molecular weight excluding hydrogens is 406 g/mol. The Kier molecular flexibility index (Phi) is 7.10. The quantitative estimate of drug-likeness (QED) is 0.545. The maximum Gasteiger partial charge on any atom is 0.247 e. The van der Waals surface area contributed by atoms with Crippen LogP contribution in [0.5, 0.6) is 0 Å². The molecule has 4 N–H and O–H groups in total. The van der Waals surface area contributed by atoms with E-state index < -0.39 is 12.1 Å². The van der Waals surface area contributed by atoms with Crippen LogP contribution in [0.3, 0.4) is 0 Å². The first-order chi connectivity index (χ1) is 15.5. The van der Waals surface area contributed by atoms with Crippen molar-refractivity contribution in [3.05, 3.63) is 35.4 Å². The molecule has 1 aliphatic carbocycles. The van der Waals surface area contributed by atoms with Crippen molar-refractivity contribution in [1.29, 1.82) is 0 Å². The Labute approximate surface area is 189 Å². The molecule has 0 saturated carbocycles. The first-order valence-corrected chi connectivity index (χ1v) is 11.9. The normalized spacial score (nSPS) is 28.7. The number of hydrogen-bond donors (Lipinski definition) is 4. The van der Waals surface area contributed by atoms with E-state index in [9.17, 15) is 14.4 Å². The highest BCUT2D eigenvalue weighted by atomic mass is 16.2. The van der Waals surface area contributed by atoms with E-state index in [1.165, 1.54) is 11.1 Å². The minimum atomic E-state index is -0.605. The van der Waals surface area contributed by atoms with Gasteiger partial charge < -0.3 is 20.9 Å². The van der Waals surface area contributed by atoms with Crippen LogP contribution in [0.25, 0.3) is 0 Å². The molecule has 4 rings (SSSR count). The lowest BCUT2D eigenvalue weighted by Gasteiger charge is -2.36. The van der Waals surface area contributed by atoms with Crippen LogP contribution >= 0.6 is 0 Å². The van der Waals surface area contributed by atoms with E-state index in [-0.39, 0.29) is 36.0 Å². The number of aryl methyl sites for hydroxylation is 1. The van der Waals surface area contributed by atoms with Crippen molar-refractivity contribution in [3.8, 4) is 0 Å². The average Bonchev–Trinajstić information content (AvgIpc) is 3.22. The van der Waals surface area contributed by atoms with Crippen LogP contribution in [-0.2, 0) is 20.8 Å². The molecule has 0 bridgehead atoms. The predicted molar refractivity (Wildman–Crippen MR) is 122 cm³/mol. The summed E-state index contributed by atoms with van der Waals surface area (Å²) in [5.74, 6) is -0.464. The summed E-state index contributed by atoms with van der Waals surface area (Å²) in [6.07, 6.45) is 5.53. The second-order valence-corrected chi connectivity index (χ2v) is 9.17. The number of nitrogens with zero attached hydrogens (tertiary/aromatic N) is 1. The Balaban J connectivity index is 1.49. The fraction of sp³-hybridized carbons (Fsp3) is 0.625. The average molecular weight is 442 g/mol.